The topological polar surface area (TPSA) is 114 Å². The van der Waals surface area contributed by atoms with Crippen LogP contribution in [-0.2, 0) is 11.2 Å². The van der Waals surface area contributed by atoms with Crippen LogP contribution < -0.4 is 11.1 Å². The van der Waals surface area contributed by atoms with Gasteiger partial charge in [0.25, 0.3) is 5.91 Å². The summed E-state index contributed by atoms with van der Waals surface area (Å²) in [5, 5.41) is 6.29. The van der Waals surface area contributed by atoms with Crippen molar-refractivity contribution in [2.75, 3.05) is 0 Å². The van der Waals surface area contributed by atoms with E-state index in [1.807, 2.05) is 35.7 Å². The maximum absolute atomic E-state index is 12.9. The van der Waals surface area contributed by atoms with Crippen LogP contribution in [0.2, 0.25) is 5.02 Å². The number of rotatable bonds is 6. The highest BCUT2D eigenvalue weighted by Crippen LogP contribution is 2.29. The van der Waals surface area contributed by atoms with Crippen molar-refractivity contribution in [1.82, 2.24) is 20.3 Å². The van der Waals surface area contributed by atoms with Crippen LogP contribution in [0.25, 0.3) is 32.5 Å². The number of primary amides is 1. The minimum absolute atomic E-state index is 0.278. The summed E-state index contributed by atoms with van der Waals surface area (Å²) >= 11 is 7.69. The number of aromatic amines is 1. The molecule has 0 radical (unpaired) electrons. The molecule has 3 aromatic heterocycles. The highest BCUT2D eigenvalue weighted by Gasteiger charge is 2.21. The highest BCUT2D eigenvalue weighted by molar-refractivity contribution is 7.17. The molecule has 1 unspecified atom stereocenters. The summed E-state index contributed by atoms with van der Waals surface area (Å²) in [5.41, 5.74) is 9.26. The molecule has 9 heteroatoms. The third-order valence-electron chi connectivity index (χ3n) is 5.39. The van der Waals surface area contributed by atoms with Gasteiger partial charge in [-0.25, -0.2) is 4.98 Å². The number of hydrogen-bond donors (Lipinski definition) is 3. The first-order chi connectivity index (χ1) is 16.0. The number of nitrogens with two attached hydrogens (primary N) is 1. The second-order valence-electron chi connectivity index (χ2n) is 7.59. The number of nitrogens with zero attached hydrogens (tertiary/aromatic N) is 2. The summed E-state index contributed by atoms with van der Waals surface area (Å²) in [5.74, 6) is -0.311. The van der Waals surface area contributed by atoms with Gasteiger partial charge in [0.05, 0.1) is 11.0 Å². The van der Waals surface area contributed by atoms with E-state index in [1.165, 1.54) is 0 Å². The third kappa shape index (κ3) is 4.30. The molecule has 5 rings (SSSR count). The molecule has 2 aromatic carbocycles. The molecule has 0 aliphatic carbocycles. The molecular formula is C24H18ClN5O2S. The van der Waals surface area contributed by atoms with Crippen molar-refractivity contribution in [2.45, 2.75) is 12.5 Å². The maximum atomic E-state index is 12.9. The molecule has 2 amide bonds. The number of hydrogen-bond acceptors (Lipinski definition) is 5. The van der Waals surface area contributed by atoms with Gasteiger partial charge in [-0.05, 0) is 64.9 Å². The maximum Gasteiger partial charge on any atom is 0.252 e. The Kier molecular flexibility index (Phi) is 5.53. The molecule has 0 saturated heterocycles. The molecule has 7 nitrogen and oxygen atoms in total. The Morgan fingerprint density at radius 3 is 2.73 bits per heavy atom. The lowest BCUT2D eigenvalue weighted by molar-refractivity contribution is -0.119. The largest absolute Gasteiger partial charge is 0.368 e. The molecule has 5 aromatic rings. The number of amides is 2. The van der Waals surface area contributed by atoms with Crippen LogP contribution in [-0.4, -0.2) is 32.8 Å². The molecule has 1 atom stereocenters. The van der Waals surface area contributed by atoms with Gasteiger partial charge in [-0.1, -0.05) is 11.6 Å². The number of halogens is 1. The SMILES string of the molecule is NC(=O)C(Cc1csc2ccc(Cl)cc12)NC(=O)c1ccc2nc(-c3ccncc3)[nH]c2c1. The summed E-state index contributed by atoms with van der Waals surface area (Å²) in [6.45, 7) is 0. The van der Waals surface area contributed by atoms with Crippen molar-refractivity contribution in [3.8, 4) is 11.4 Å². The lowest BCUT2D eigenvalue weighted by Crippen LogP contribution is -2.45. The number of aromatic nitrogens is 3. The first kappa shape index (κ1) is 21.1. The number of carbonyl (C=O) groups excluding carboxylic acids is 2. The number of thiophene rings is 1. The second-order valence-corrected chi connectivity index (χ2v) is 8.93. The van der Waals surface area contributed by atoms with E-state index in [1.54, 1.807) is 41.9 Å². The molecule has 0 fully saturated rings. The highest BCUT2D eigenvalue weighted by atomic mass is 35.5. The molecule has 0 aliphatic rings. The van der Waals surface area contributed by atoms with Gasteiger partial charge in [-0.3, -0.25) is 14.6 Å². The number of benzene rings is 2. The number of imidazole rings is 1. The van der Waals surface area contributed by atoms with Gasteiger partial charge < -0.3 is 16.0 Å². The van der Waals surface area contributed by atoms with Gasteiger partial charge in [-0.15, -0.1) is 11.3 Å². The Hall–Kier alpha value is -3.75. The summed E-state index contributed by atoms with van der Waals surface area (Å²) in [6, 6.07) is 13.6. The molecule has 164 valence electrons. The minimum Gasteiger partial charge on any atom is -0.368 e. The Balaban J connectivity index is 1.38. The lowest BCUT2D eigenvalue weighted by Gasteiger charge is -2.15. The van der Waals surface area contributed by atoms with Crippen LogP contribution in [0, 0.1) is 0 Å². The zero-order valence-electron chi connectivity index (χ0n) is 17.2. The number of pyridine rings is 1. The van der Waals surface area contributed by atoms with Crippen molar-refractivity contribution in [3.63, 3.8) is 0 Å². The van der Waals surface area contributed by atoms with Crippen molar-refractivity contribution < 1.29 is 9.59 Å². The normalized spacial score (nSPS) is 12.2. The quantitative estimate of drug-likeness (QED) is 0.339. The van der Waals surface area contributed by atoms with Crippen molar-refractivity contribution in [2.24, 2.45) is 5.73 Å². The van der Waals surface area contributed by atoms with Crippen molar-refractivity contribution >= 4 is 55.9 Å². The summed E-state index contributed by atoms with van der Waals surface area (Å²) in [7, 11) is 0. The monoisotopic (exact) mass is 475 g/mol. The van der Waals surface area contributed by atoms with Crippen LogP contribution in [0.3, 0.4) is 0 Å². The molecule has 0 bridgehead atoms. The molecule has 0 aliphatic heterocycles. The second kappa shape index (κ2) is 8.65. The molecular weight excluding hydrogens is 458 g/mol. The Bertz CT molecular complexity index is 1500. The van der Waals surface area contributed by atoms with E-state index in [4.69, 9.17) is 17.3 Å². The minimum atomic E-state index is -0.862. The fraction of sp³-hybridized carbons (Fsp3) is 0.0833. The molecule has 4 N–H and O–H groups in total. The average molecular weight is 476 g/mol. The average Bonchev–Trinajstić information content (AvgIpc) is 3.42. The van der Waals surface area contributed by atoms with Gasteiger partial charge >= 0.3 is 0 Å². The van der Waals surface area contributed by atoms with Gasteiger partial charge in [0.15, 0.2) is 0 Å². The first-order valence-corrected chi connectivity index (χ1v) is 11.4. The van der Waals surface area contributed by atoms with Crippen LogP contribution in [0.15, 0.2) is 66.3 Å². The fourth-order valence-corrected chi connectivity index (χ4v) is 4.82. The van der Waals surface area contributed by atoms with Crippen molar-refractivity contribution in [3.05, 3.63) is 82.5 Å². The van der Waals surface area contributed by atoms with Gasteiger partial charge in [-0.2, -0.15) is 0 Å². The third-order valence-corrected chi connectivity index (χ3v) is 6.63. The lowest BCUT2D eigenvalue weighted by atomic mass is 10.0. The van der Waals surface area contributed by atoms with Crippen LogP contribution in [0.1, 0.15) is 15.9 Å². The van der Waals surface area contributed by atoms with Crippen LogP contribution in [0.4, 0.5) is 0 Å². The van der Waals surface area contributed by atoms with Crippen LogP contribution in [0.5, 0.6) is 0 Å². The van der Waals surface area contributed by atoms with Crippen LogP contribution >= 0.6 is 22.9 Å². The Labute approximate surface area is 197 Å². The zero-order valence-corrected chi connectivity index (χ0v) is 18.8. The molecule has 33 heavy (non-hydrogen) atoms. The number of fused-ring (bicyclic) bond motifs is 2. The summed E-state index contributed by atoms with van der Waals surface area (Å²) in [6.07, 6.45) is 3.66. The van der Waals surface area contributed by atoms with E-state index in [0.29, 0.717) is 21.9 Å². The first-order valence-electron chi connectivity index (χ1n) is 10.1. The smallest absolute Gasteiger partial charge is 0.252 e. The molecule has 0 saturated carbocycles. The molecule has 3 heterocycles. The van der Waals surface area contributed by atoms with E-state index in [-0.39, 0.29) is 6.42 Å². The number of H-pyrrole nitrogens is 1. The van der Waals surface area contributed by atoms with E-state index in [2.05, 4.69) is 20.3 Å². The van der Waals surface area contributed by atoms with E-state index in [9.17, 15) is 9.59 Å². The Morgan fingerprint density at radius 2 is 1.94 bits per heavy atom. The Morgan fingerprint density at radius 1 is 1.12 bits per heavy atom. The van der Waals surface area contributed by atoms with E-state index in [0.717, 1.165) is 26.7 Å². The van der Waals surface area contributed by atoms with E-state index < -0.39 is 17.9 Å². The number of nitrogens with one attached hydrogen (secondary N) is 2. The van der Waals surface area contributed by atoms with Gasteiger partial charge in [0.2, 0.25) is 5.91 Å². The standard InChI is InChI=1S/C24H18ClN5O2S/c25-16-2-4-21-17(11-16)15(12-33-21)10-20(22(26)31)30-24(32)14-1-3-18-19(9-14)29-23(28-18)13-5-7-27-8-6-13/h1-9,11-12,20H,10H2,(H2,26,31)(H,28,29)(H,30,32). The predicted molar refractivity (Wildman–Crippen MR) is 130 cm³/mol. The van der Waals surface area contributed by atoms with Gasteiger partial charge in [0.1, 0.15) is 11.9 Å². The van der Waals surface area contributed by atoms with Gasteiger partial charge in [0, 0.05) is 39.7 Å². The summed E-state index contributed by atoms with van der Waals surface area (Å²) < 4.78 is 1.05. The zero-order chi connectivity index (χ0) is 22.9. The van der Waals surface area contributed by atoms with E-state index >= 15 is 0 Å². The van der Waals surface area contributed by atoms with Crippen molar-refractivity contribution in [1.29, 1.82) is 0 Å². The summed E-state index contributed by atoms with van der Waals surface area (Å²) in [4.78, 5) is 36.9. The fourth-order valence-electron chi connectivity index (χ4n) is 3.69. The predicted octanol–water partition coefficient (Wildman–Crippen LogP) is 4.32. The number of carbonyl (C=O) groups is 2. The molecule has 0 spiro atoms.